The van der Waals surface area contributed by atoms with Crippen molar-refractivity contribution in [3.05, 3.63) is 95.8 Å². The average Bonchev–Trinajstić information content (AvgIpc) is 2.77. The second-order valence-electron chi connectivity index (χ2n) is 7.39. The van der Waals surface area contributed by atoms with Crippen LogP contribution >= 0.6 is 0 Å². The van der Waals surface area contributed by atoms with Gasteiger partial charge in [0.25, 0.3) is 0 Å². The van der Waals surface area contributed by atoms with Crippen LogP contribution in [0.5, 0.6) is 5.75 Å². The van der Waals surface area contributed by atoms with E-state index in [1.165, 1.54) is 17.7 Å². The van der Waals surface area contributed by atoms with E-state index >= 15 is 0 Å². The van der Waals surface area contributed by atoms with E-state index in [1.54, 1.807) is 19.2 Å². The number of benzene rings is 3. The van der Waals surface area contributed by atoms with Crippen molar-refractivity contribution < 1.29 is 13.9 Å². The lowest BCUT2D eigenvalue weighted by molar-refractivity contribution is -0.130. The first kappa shape index (κ1) is 19.2. The number of amides is 1. The van der Waals surface area contributed by atoms with E-state index in [-0.39, 0.29) is 23.7 Å². The molecule has 0 saturated carbocycles. The van der Waals surface area contributed by atoms with E-state index in [0.29, 0.717) is 0 Å². The summed E-state index contributed by atoms with van der Waals surface area (Å²) in [7, 11) is 1.62. The molecule has 1 unspecified atom stereocenters. The Balaban J connectivity index is 1.53. The summed E-state index contributed by atoms with van der Waals surface area (Å²) >= 11 is 0. The second-order valence-corrected chi connectivity index (χ2v) is 7.39. The first-order chi connectivity index (χ1) is 14.2. The van der Waals surface area contributed by atoms with Crippen LogP contribution in [-0.2, 0) is 11.2 Å². The second kappa shape index (κ2) is 8.48. The molecule has 0 aromatic heterocycles. The van der Waals surface area contributed by atoms with Gasteiger partial charge in [-0.15, -0.1) is 0 Å². The van der Waals surface area contributed by atoms with Crippen LogP contribution in [0.2, 0.25) is 0 Å². The van der Waals surface area contributed by atoms with Crippen molar-refractivity contribution in [2.45, 2.75) is 25.3 Å². The average molecular weight is 389 g/mol. The Morgan fingerprint density at radius 2 is 1.62 bits per heavy atom. The molecule has 3 nitrogen and oxygen atoms in total. The molecule has 1 amide bonds. The number of nitrogens with zero attached hydrogens (tertiary/aromatic N) is 1. The van der Waals surface area contributed by atoms with Gasteiger partial charge < -0.3 is 9.64 Å². The molecule has 0 bridgehead atoms. The SMILES string of the molecule is COc1ccc(N2C(=O)C(CCCc3ccccc3)[C@H]2c2ccc(F)cc2)cc1. The molecule has 29 heavy (non-hydrogen) atoms. The van der Waals surface area contributed by atoms with Crippen molar-refractivity contribution in [1.82, 2.24) is 0 Å². The summed E-state index contributed by atoms with van der Waals surface area (Å²) in [5.41, 5.74) is 3.08. The van der Waals surface area contributed by atoms with Crippen LogP contribution in [0, 0.1) is 11.7 Å². The summed E-state index contributed by atoms with van der Waals surface area (Å²) in [6.45, 7) is 0. The van der Waals surface area contributed by atoms with Crippen molar-refractivity contribution in [3.8, 4) is 5.75 Å². The highest BCUT2D eigenvalue weighted by Gasteiger charge is 2.48. The molecule has 4 heteroatoms. The molecule has 1 fully saturated rings. The van der Waals surface area contributed by atoms with Crippen LogP contribution in [0.25, 0.3) is 0 Å². The van der Waals surface area contributed by atoms with E-state index in [2.05, 4.69) is 12.1 Å². The van der Waals surface area contributed by atoms with Crippen LogP contribution in [0.15, 0.2) is 78.9 Å². The predicted molar refractivity (Wildman–Crippen MR) is 112 cm³/mol. The minimum absolute atomic E-state index is 0.0766. The molecule has 0 N–H and O–H groups in total. The maximum Gasteiger partial charge on any atom is 0.233 e. The quantitative estimate of drug-likeness (QED) is 0.495. The molecular formula is C25H24FNO2. The summed E-state index contributed by atoms with van der Waals surface area (Å²) in [6, 6.07) is 24.2. The Kier molecular flexibility index (Phi) is 5.61. The zero-order valence-electron chi connectivity index (χ0n) is 16.4. The number of hydrogen-bond acceptors (Lipinski definition) is 2. The van der Waals surface area contributed by atoms with Gasteiger partial charge in [0.1, 0.15) is 11.6 Å². The smallest absolute Gasteiger partial charge is 0.233 e. The Morgan fingerprint density at radius 1 is 0.931 bits per heavy atom. The van der Waals surface area contributed by atoms with Gasteiger partial charge in [0.2, 0.25) is 5.91 Å². The minimum Gasteiger partial charge on any atom is -0.497 e. The first-order valence-corrected chi connectivity index (χ1v) is 9.94. The highest BCUT2D eigenvalue weighted by atomic mass is 19.1. The van der Waals surface area contributed by atoms with Gasteiger partial charge in [-0.1, -0.05) is 42.5 Å². The summed E-state index contributed by atoms with van der Waals surface area (Å²) in [5, 5.41) is 0. The maximum absolute atomic E-state index is 13.4. The summed E-state index contributed by atoms with van der Waals surface area (Å²) < 4.78 is 18.7. The number of hydrogen-bond donors (Lipinski definition) is 0. The normalized spacial score (nSPS) is 18.4. The molecule has 1 aliphatic heterocycles. The highest BCUT2D eigenvalue weighted by molar-refractivity contribution is 6.03. The van der Waals surface area contributed by atoms with Crippen molar-refractivity contribution in [2.75, 3.05) is 12.0 Å². The fourth-order valence-corrected chi connectivity index (χ4v) is 4.07. The fraction of sp³-hybridized carbons (Fsp3) is 0.240. The zero-order valence-corrected chi connectivity index (χ0v) is 16.4. The molecule has 148 valence electrons. The van der Waals surface area contributed by atoms with E-state index < -0.39 is 0 Å². The lowest BCUT2D eigenvalue weighted by Gasteiger charge is -2.47. The molecule has 1 saturated heterocycles. The Labute approximate surface area is 170 Å². The van der Waals surface area contributed by atoms with Crippen molar-refractivity contribution >= 4 is 11.6 Å². The van der Waals surface area contributed by atoms with Crippen molar-refractivity contribution in [2.24, 2.45) is 5.92 Å². The third kappa shape index (κ3) is 4.02. The van der Waals surface area contributed by atoms with Gasteiger partial charge in [0, 0.05) is 5.69 Å². The minimum atomic E-state index is -0.268. The van der Waals surface area contributed by atoms with Gasteiger partial charge in [-0.25, -0.2) is 4.39 Å². The molecule has 0 aliphatic carbocycles. The number of carbonyl (C=O) groups excluding carboxylic acids is 1. The predicted octanol–water partition coefficient (Wildman–Crippen LogP) is 5.56. The Hall–Kier alpha value is -3.14. The highest BCUT2D eigenvalue weighted by Crippen LogP contribution is 2.45. The Morgan fingerprint density at radius 3 is 2.28 bits per heavy atom. The van der Waals surface area contributed by atoms with Gasteiger partial charge in [-0.05, 0) is 66.8 Å². The van der Waals surface area contributed by atoms with E-state index in [9.17, 15) is 9.18 Å². The number of anilines is 1. The molecule has 4 rings (SSSR count). The van der Waals surface area contributed by atoms with Crippen molar-refractivity contribution in [1.29, 1.82) is 0 Å². The number of halogens is 1. The number of rotatable bonds is 7. The monoisotopic (exact) mass is 389 g/mol. The van der Waals surface area contributed by atoms with Crippen LogP contribution in [0.4, 0.5) is 10.1 Å². The van der Waals surface area contributed by atoms with Gasteiger partial charge in [-0.3, -0.25) is 4.79 Å². The molecule has 1 heterocycles. The van der Waals surface area contributed by atoms with Gasteiger partial charge in [0.05, 0.1) is 19.1 Å². The Bertz CT molecular complexity index is 954. The van der Waals surface area contributed by atoms with E-state index in [1.807, 2.05) is 47.4 Å². The third-order valence-corrected chi connectivity index (χ3v) is 5.60. The van der Waals surface area contributed by atoms with Gasteiger partial charge >= 0.3 is 0 Å². The number of β-lactam (4-membered cyclic amide) rings is 1. The molecule has 3 aromatic rings. The molecular weight excluding hydrogens is 365 g/mol. The van der Waals surface area contributed by atoms with Crippen LogP contribution in [-0.4, -0.2) is 13.0 Å². The molecule has 2 atom stereocenters. The van der Waals surface area contributed by atoms with Gasteiger partial charge in [0.15, 0.2) is 0 Å². The molecule has 3 aromatic carbocycles. The summed E-state index contributed by atoms with van der Waals surface area (Å²) in [6.07, 6.45) is 2.69. The zero-order chi connectivity index (χ0) is 20.2. The standard InChI is InChI=1S/C25H24FNO2/c1-29-22-16-14-21(15-17-22)27-24(19-10-12-20(26)13-11-19)23(25(27)28)9-5-8-18-6-3-2-4-7-18/h2-4,6-7,10-17,23-24H,5,8-9H2,1H3/t23?,24-/m1/s1. The van der Waals surface area contributed by atoms with E-state index in [0.717, 1.165) is 36.3 Å². The third-order valence-electron chi connectivity index (χ3n) is 5.60. The molecule has 1 aliphatic rings. The number of carbonyl (C=O) groups is 1. The summed E-state index contributed by atoms with van der Waals surface area (Å²) in [5.74, 6) is 0.513. The fourth-order valence-electron chi connectivity index (χ4n) is 4.07. The largest absolute Gasteiger partial charge is 0.497 e. The first-order valence-electron chi connectivity index (χ1n) is 9.94. The number of ether oxygens (including phenoxy) is 1. The molecule has 0 radical (unpaired) electrons. The summed E-state index contributed by atoms with van der Waals surface area (Å²) in [4.78, 5) is 14.8. The lowest BCUT2D eigenvalue weighted by atomic mass is 9.78. The van der Waals surface area contributed by atoms with Gasteiger partial charge in [-0.2, -0.15) is 0 Å². The van der Waals surface area contributed by atoms with Crippen LogP contribution in [0.1, 0.15) is 30.0 Å². The number of methoxy groups -OCH3 is 1. The van der Waals surface area contributed by atoms with Crippen LogP contribution < -0.4 is 9.64 Å². The van der Waals surface area contributed by atoms with Crippen LogP contribution in [0.3, 0.4) is 0 Å². The topological polar surface area (TPSA) is 29.5 Å². The molecule has 0 spiro atoms. The maximum atomic E-state index is 13.4. The number of aryl methyl sites for hydroxylation is 1. The van der Waals surface area contributed by atoms with E-state index in [4.69, 9.17) is 4.74 Å². The van der Waals surface area contributed by atoms with Crippen molar-refractivity contribution in [3.63, 3.8) is 0 Å². The lowest BCUT2D eigenvalue weighted by Crippen LogP contribution is -2.55.